The van der Waals surface area contributed by atoms with Gasteiger partial charge in [-0.2, -0.15) is 0 Å². The lowest BCUT2D eigenvalue weighted by Gasteiger charge is -2.32. The van der Waals surface area contributed by atoms with Crippen LogP contribution in [0.25, 0.3) is 10.9 Å². The number of likely N-dealkylation sites (tertiary alicyclic amines) is 1. The highest BCUT2D eigenvalue weighted by Crippen LogP contribution is 2.18. The second-order valence-corrected chi connectivity index (χ2v) is 7.73. The van der Waals surface area contributed by atoms with Gasteiger partial charge in [-0.15, -0.1) is 11.3 Å². The minimum Gasteiger partial charge on any atom is -0.349 e. The van der Waals surface area contributed by atoms with Gasteiger partial charge in [0.05, 0.1) is 5.56 Å². The summed E-state index contributed by atoms with van der Waals surface area (Å²) in [6.45, 7) is 2.93. The largest absolute Gasteiger partial charge is 0.349 e. The van der Waals surface area contributed by atoms with Crippen LogP contribution >= 0.6 is 11.3 Å². The van der Waals surface area contributed by atoms with E-state index in [2.05, 4.69) is 32.7 Å². The number of carbonyl (C=O) groups excluding carboxylic acids is 1. The van der Waals surface area contributed by atoms with Crippen LogP contribution < -0.4 is 10.9 Å². The van der Waals surface area contributed by atoms with E-state index in [0.29, 0.717) is 11.1 Å². The molecule has 2 aromatic heterocycles. The van der Waals surface area contributed by atoms with Crippen molar-refractivity contribution in [1.29, 1.82) is 0 Å². The van der Waals surface area contributed by atoms with Gasteiger partial charge in [0.15, 0.2) is 0 Å². The van der Waals surface area contributed by atoms with Gasteiger partial charge in [0.2, 0.25) is 5.56 Å². The lowest BCUT2D eigenvalue weighted by Crippen LogP contribution is -2.44. The van der Waals surface area contributed by atoms with Crippen LogP contribution in [-0.2, 0) is 6.54 Å². The summed E-state index contributed by atoms with van der Waals surface area (Å²) < 4.78 is 0. The predicted octanol–water partition coefficient (Wildman–Crippen LogP) is 2.98. The quantitative estimate of drug-likeness (QED) is 0.745. The Morgan fingerprint density at radius 2 is 2.00 bits per heavy atom. The van der Waals surface area contributed by atoms with E-state index in [-0.39, 0.29) is 17.5 Å². The van der Waals surface area contributed by atoms with E-state index >= 15 is 0 Å². The monoisotopic (exact) mass is 367 g/mol. The molecular formula is C20H21N3O2S. The summed E-state index contributed by atoms with van der Waals surface area (Å²) in [5.74, 6) is -0.163. The van der Waals surface area contributed by atoms with Crippen molar-refractivity contribution in [1.82, 2.24) is 15.2 Å². The number of pyridine rings is 1. The number of nitrogens with zero attached hydrogens (tertiary/aromatic N) is 1. The third-order valence-corrected chi connectivity index (χ3v) is 5.74. The summed E-state index contributed by atoms with van der Waals surface area (Å²) >= 11 is 1.78. The number of fused-ring (bicyclic) bond motifs is 1. The van der Waals surface area contributed by atoms with Crippen molar-refractivity contribution in [2.45, 2.75) is 25.4 Å². The molecule has 0 aliphatic carbocycles. The van der Waals surface area contributed by atoms with E-state index in [1.807, 2.05) is 24.3 Å². The average molecular weight is 367 g/mol. The first kappa shape index (κ1) is 17.0. The molecule has 134 valence electrons. The maximum atomic E-state index is 12.7. The number of rotatable bonds is 4. The molecular weight excluding hydrogens is 346 g/mol. The highest BCUT2D eigenvalue weighted by atomic mass is 32.1. The zero-order valence-electron chi connectivity index (χ0n) is 14.4. The van der Waals surface area contributed by atoms with Crippen molar-refractivity contribution in [3.05, 3.63) is 68.6 Å². The number of nitrogens with one attached hydrogen (secondary N) is 2. The second kappa shape index (κ2) is 7.43. The summed E-state index contributed by atoms with van der Waals surface area (Å²) in [5.41, 5.74) is 0.890. The van der Waals surface area contributed by atoms with Crippen molar-refractivity contribution in [3.8, 4) is 0 Å². The van der Waals surface area contributed by atoms with Gasteiger partial charge in [-0.1, -0.05) is 24.3 Å². The number of benzene rings is 1. The van der Waals surface area contributed by atoms with Crippen LogP contribution in [0.3, 0.4) is 0 Å². The van der Waals surface area contributed by atoms with Crippen LogP contribution in [0.15, 0.2) is 52.6 Å². The molecule has 0 saturated carbocycles. The minimum atomic E-state index is -0.250. The third kappa shape index (κ3) is 3.71. The Morgan fingerprint density at radius 1 is 1.19 bits per heavy atom. The van der Waals surface area contributed by atoms with Gasteiger partial charge in [0.25, 0.3) is 5.91 Å². The number of H-pyrrole nitrogens is 1. The van der Waals surface area contributed by atoms with Crippen LogP contribution in [0.4, 0.5) is 0 Å². The molecule has 6 heteroatoms. The summed E-state index contributed by atoms with van der Waals surface area (Å²) in [6.07, 6.45) is 1.86. The molecule has 0 atom stereocenters. The number of para-hydroxylation sites is 1. The Balaban J connectivity index is 1.41. The number of carbonyl (C=O) groups is 1. The number of aromatic nitrogens is 1. The molecule has 1 aromatic carbocycles. The fraction of sp³-hybridized carbons (Fsp3) is 0.300. The van der Waals surface area contributed by atoms with Gasteiger partial charge in [0, 0.05) is 47.5 Å². The second-order valence-electron chi connectivity index (χ2n) is 6.70. The Kier molecular flexibility index (Phi) is 4.86. The van der Waals surface area contributed by atoms with E-state index in [0.717, 1.165) is 37.9 Å². The summed E-state index contributed by atoms with van der Waals surface area (Å²) in [6, 6.07) is 13.2. The number of hydrogen-bond donors (Lipinski definition) is 2. The van der Waals surface area contributed by atoms with Crippen molar-refractivity contribution in [2.75, 3.05) is 13.1 Å². The summed E-state index contributed by atoms with van der Waals surface area (Å²) in [7, 11) is 0. The molecule has 1 saturated heterocycles. The Morgan fingerprint density at radius 3 is 2.77 bits per heavy atom. The number of thiophene rings is 1. The van der Waals surface area contributed by atoms with Gasteiger partial charge in [-0.3, -0.25) is 14.5 Å². The molecule has 3 aromatic rings. The van der Waals surface area contributed by atoms with Gasteiger partial charge in [0.1, 0.15) is 0 Å². The topological polar surface area (TPSA) is 65.2 Å². The third-order valence-electron chi connectivity index (χ3n) is 4.88. The smallest absolute Gasteiger partial charge is 0.252 e. The molecule has 26 heavy (non-hydrogen) atoms. The predicted molar refractivity (Wildman–Crippen MR) is 105 cm³/mol. The van der Waals surface area contributed by atoms with Gasteiger partial charge in [-0.25, -0.2) is 0 Å². The molecule has 3 heterocycles. The van der Waals surface area contributed by atoms with Crippen LogP contribution in [0, 0.1) is 0 Å². The van der Waals surface area contributed by atoms with Crippen molar-refractivity contribution in [2.24, 2.45) is 0 Å². The zero-order chi connectivity index (χ0) is 17.9. The number of piperidine rings is 1. The lowest BCUT2D eigenvalue weighted by atomic mass is 10.0. The first-order valence-electron chi connectivity index (χ1n) is 8.87. The molecule has 5 nitrogen and oxygen atoms in total. The first-order valence-corrected chi connectivity index (χ1v) is 9.75. The van der Waals surface area contributed by atoms with Crippen LogP contribution in [0.1, 0.15) is 28.1 Å². The molecule has 4 rings (SSSR count). The molecule has 1 amide bonds. The van der Waals surface area contributed by atoms with E-state index < -0.39 is 0 Å². The number of aromatic amines is 1. The highest BCUT2D eigenvalue weighted by Gasteiger charge is 2.22. The van der Waals surface area contributed by atoms with E-state index in [4.69, 9.17) is 0 Å². The average Bonchev–Trinajstić information content (AvgIpc) is 3.15. The number of amides is 1. The molecule has 1 aliphatic rings. The van der Waals surface area contributed by atoms with Crippen molar-refractivity contribution >= 4 is 28.1 Å². The summed E-state index contributed by atoms with van der Waals surface area (Å²) in [5, 5.41) is 6.00. The van der Waals surface area contributed by atoms with E-state index in [9.17, 15) is 9.59 Å². The normalized spacial score (nSPS) is 16.0. The van der Waals surface area contributed by atoms with Gasteiger partial charge in [-0.05, 0) is 30.4 Å². The standard InChI is InChI=1S/C20H21N3O2S/c24-19-12-17(16-5-1-2-6-18(16)22-19)20(25)21-14-7-9-23(10-8-14)13-15-4-3-11-26-15/h1-6,11-12,14H,7-10,13H2,(H,21,25)(H,22,24). The zero-order valence-corrected chi connectivity index (χ0v) is 15.2. The van der Waals surface area contributed by atoms with Crippen LogP contribution in [-0.4, -0.2) is 34.9 Å². The molecule has 2 N–H and O–H groups in total. The molecule has 1 fully saturated rings. The number of hydrogen-bond acceptors (Lipinski definition) is 4. The maximum absolute atomic E-state index is 12.7. The molecule has 0 spiro atoms. The molecule has 1 aliphatic heterocycles. The Hall–Kier alpha value is -2.44. The van der Waals surface area contributed by atoms with Crippen LogP contribution in [0.2, 0.25) is 0 Å². The minimum absolute atomic E-state index is 0.153. The van der Waals surface area contributed by atoms with Gasteiger partial charge >= 0.3 is 0 Å². The SMILES string of the molecule is O=C(NC1CCN(Cc2cccs2)CC1)c1cc(=O)[nH]c2ccccc12. The van der Waals surface area contributed by atoms with Crippen molar-refractivity contribution in [3.63, 3.8) is 0 Å². The molecule has 0 unspecified atom stereocenters. The molecule has 0 radical (unpaired) electrons. The fourth-order valence-electron chi connectivity index (χ4n) is 3.51. The fourth-order valence-corrected chi connectivity index (χ4v) is 4.26. The Bertz CT molecular complexity index is 957. The van der Waals surface area contributed by atoms with E-state index in [1.54, 1.807) is 11.3 Å². The maximum Gasteiger partial charge on any atom is 0.252 e. The Labute approximate surface area is 155 Å². The van der Waals surface area contributed by atoms with Crippen LogP contribution in [0.5, 0.6) is 0 Å². The highest BCUT2D eigenvalue weighted by molar-refractivity contribution is 7.09. The van der Waals surface area contributed by atoms with E-state index in [1.165, 1.54) is 10.9 Å². The molecule has 0 bridgehead atoms. The lowest BCUT2D eigenvalue weighted by molar-refractivity contribution is 0.0911. The van der Waals surface area contributed by atoms with Crippen molar-refractivity contribution < 1.29 is 4.79 Å². The first-order chi connectivity index (χ1) is 12.7. The summed E-state index contributed by atoms with van der Waals surface area (Å²) in [4.78, 5) is 31.2. The van der Waals surface area contributed by atoms with Gasteiger partial charge < -0.3 is 10.3 Å².